The molecular weight excluding hydrogens is 323 g/mol. The van der Waals surface area contributed by atoms with Crippen LogP contribution >= 0.6 is 0 Å². The molecule has 1 heterocycles. The molecule has 2 aromatic rings. The third-order valence-electron chi connectivity index (χ3n) is 5.10. The van der Waals surface area contributed by atoms with Crippen LogP contribution in [0.1, 0.15) is 29.5 Å². The SMILES string of the molecule is COc1ccc([N+](=O)[O-])c2c1N[C@H](c1ccc(F)cc1)[C@@H]1CC=C[C@@H]21. The van der Waals surface area contributed by atoms with Crippen LogP contribution in [0.3, 0.4) is 0 Å². The molecule has 1 aliphatic heterocycles. The number of benzene rings is 2. The molecule has 0 radical (unpaired) electrons. The lowest BCUT2D eigenvalue weighted by atomic mass is 9.76. The third kappa shape index (κ3) is 2.45. The number of fused-ring (bicyclic) bond motifs is 3. The maximum atomic E-state index is 13.3. The number of anilines is 1. The molecule has 1 aliphatic carbocycles. The highest BCUT2D eigenvalue weighted by molar-refractivity contribution is 5.73. The average molecular weight is 340 g/mol. The summed E-state index contributed by atoms with van der Waals surface area (Å²) in [6, 6.07) is 9.45. The number of hydrogen-bond acceptors (Lipinski definition) is 4. The summed E-state index contributed by atoms with van der Waals surface area (Å²) in [7, 11) is 1.55. The molecule has 25 heavy (non-hydrogen) atoms. The molecule has 2 aromatic carbocycles. The minimum atomic E-state index is -0.346. The molecule has 2 aliphatic rings. The molecule has 0 spiro atoms. The number of nitrogens with zero attached hydrogens (tertiary/aromatic N) is 1. The van der Waals surface area contributed by atoms with Crippen LogP contribution in [0.2, 0.25) is 0 Å². The molecule has 4 rings (SSSR count). The van der Waals surface area contributed by atoms with Crippen molar-refractivity contribution in [3.8, 4) is 5.75 Å². The van der Waals surface area contributed by atoms with Crippen LogP contribution in [-0.2, 0) is 0 Å². The van der Waals surface area contributed by atoms with Gasteiger partial charge < -0.3 is 10.1 Å². The number of ether oxygens (including phenoxy) is 1. The summed E-state index contributed by atoms with van der Waals surface area (Å²) >= 11 is 0. The van der Waals surface area contributed by atoms with Gasteiger partial charge in [0.1, 0.15) is 11.6 Å². The van der Waals surface area contributed by atoms with Crippen molar-refractivity contribution in [1.82, 2.24) is 0 Å². The molecule has 128 valence electrons. The Kier molecular flexibility index (Phi) is 3.67. The van der Waals surface area contributed by atoms with Crippen molar-refractivity contribution in [3.05, 3.63) is 75.6 Å². The first-order valence-corrected chi connectivity index (χ1v) is 8.14. The molecule has 1 N–H and O–H groups in total. The normalized spacial score (nSPS) is 23.5. The number of hydrogen-bond donors (Lipinski definition) is 1. The summed E-state index contributed by atoms with van der Waals surface area (Å²) in [5.74, 6) is 0.367. The quantitative estimate of drug-likeness (QED) is 0.505. The number of rotatable bonds is 3. The number of nitrogens with one attached hydrogen (secondary N) is 1. The predicted molar refractivity (Wildman–Crippen MR) is 92.4 cm³/mol. The Bertz CT molecular complexity index is 864. The minimum Gasteiger partial charge on any atom is -0.495 e. The Labute approximate surface area is 144 Å². The first-order valence-electron chi connectivity index (χ1n) is 8.14. The van der Waals surface area contributed by atoms with E-state index in [9.17, 15) is 14.5 Å². The van der Waals surface area contributed by atoms with Gasteiger partial charge in [-0.3, -0.25) is 10.1 Å². The van der Waals surface area contributed by atoms with E-state index in [0.29, 0.717) is 17.0 Å². The molecule has 0 saturated heterocycles. The van der Waals surface area contributed by atoms with Crippen LogP contribution in [0.5, 0.6) is 5.75 Å². The van der Waals surface area contributed by atoms with Crippen molar-refractivity contribution in [3.63, 3.8) is 0 Å². The third-order valence-corrected chi connectivity index (χ3v) is 5.10. The summed E-state index contributed by atoms with van der Waals surface area (Å²) < 4.78 is 18.7. The summed E-state index contributed by atoms with van der Waals surface area (Å²) in [6.07, 6.45) is 4.91. The van der Waals surface area contributed by atoms with Gasteiger partial charge >= 0.3 is 0 Å². The van der Waals surface area contributed by atoms with Gasteiger partial charge in [0.05, 0.1) is 29.3 Å². The van der Waals surface area contributed by atoms with Gasteiger partial charge in [0.15, 0.2) is 0 Å². The van der Waals surface area contributed by atoms with E-state index in [2.05, 4.69) is 11.4 Å². The van der Waals surface area contributed by atoms with Crippen LogP contribution in [0.25, 0.3) is 0 Å². The van der Waals surface area contributed by atoms with Gasteiger partial charge in [0.2, 0.25) is 0 Å². The smallest absolute Gasteiger partial charge is 0.275 e. The second-order valence-electron chi connectivity index (χ2n) is 6.36. The fraction of sp³-hybridized carbons (Fsp3) is 0.263. The molecule has 0 amide bonds. The molecule has 0 aromatic heterocycles. The summed E-state index contributed by atoms with van der Waals surface area (Å²) in [6.45, 7) is 0. The average Bonchev–Trinajstić information content (AvgIpc) is 3.10. The lowest BCUT2D eigenvalue weighted by molar-refractivity contribution is -0.385. The van der Waals surface area contributed by atoms with Gasteiger partial charge in [-0.1, -0.05) is 24.3 Å². The van der Waals surface area contributed by atoms with Gasteiger partial charge in [0, 0.05) is 12.0 Å². The van der Waals surface area contributed by atoms with Crippen molar-refractivity contribution in [2.75, 3.05) is 12.4 Å². The highest BCUT2D eigenvalue weighted by Gasteiger charge is 2.42. The molecule has 6 heteroatoms. The van der Waals surface area contributed by atoms with E-state index in [1.165, 1.54) is 18.2 Å². The molecule has 0 bridgehead atoms. The van der Waals surface area contributed by atoms with Gasteiger partial charge in [-0.15, -0.1) is 0 Å². The largest absolute Gasteiger partial charge is 0.495 e. The zero-order valence-electron chi connectivity index (χ0n) is 13.6. The van der Waals surface area contributed by atoms with E-state index < -0.39 is 0 Å². The predicted octanol–water partition coefficient (Wildman–Crippen LogP) is 4.57. The van der Waals surface area contributed by atoms with Crippen molar-refractivity contribution in [2.45, 2.75) is 18.4 Å². The Morgan fingerprint density at radius 3 is 2.68 bits per heavy atom. The lowest BCUT2D eigenvalue weighted by Crippen LogP contribution is -2.30. The Balaban J connectivity index is 1.87. The van der Waals surface area contributed by atoms with E-state index in [1.807, 2.05) is 6.08 Å². The van der Waals surface area contributed by atoms with Crippen LogP contribution in [0.15, 0.2) is 48.6 Å². The van der Waals surface area contributed by atoms with E-state index in [4.69, 9.17) is 4.74 Å². The van der Waals surface area contributed by atoms with Gasteiger partial charge in [-0.05, 0) is 36.1 Å². The van der Waals surface area contributed by atoms with Crippen molar-refractivity contribution in [2.24, 2.45) is 5.92 Å². The second kappa shape index (κ2) is 5.88. The van der Waals surface area contributed by atoms with Gasteiger partial charge in [0.25, 0.3) is 5.69 Å². The molecular formula is C19H17FN2O3. The van der Waals surface area contributed by atoms with Crippen molar-refractivity contribution < 1.29 is 14.1 Å². The zero-order valence-corrected chi connectivity index (χ0v) is 13.6. The topological polar surface area (TPSA) is 64.4 Å². The van der Waals surface area contributed by atoms with Crippen molar-refractivity contribution >= 4 is 11.4 Å². The van der Waals surface area contributed by atoms with Crippen LogP contribution < -0.4 is 10.1 Å². The second-order valence-corrected chi connectivity index (χ2v) is 6.36. The van der Waals surface area contributed by atoms with E-state index in [0.717, 1.165) is 12.0 Å². The zero-order chi connectivity index (χ0) is 17.6. The maximum Gasteiger partial charge on any atom is 0.275 e. The summed E-state index contributed by atoms with van der Waals surface area (Å²) in [5.41, 5.74) is 2.38. The van der Waals surface area contributed by atoms with E-state index >= 15 is 0 Å². The number of nitro groups is 1. The molecule has 0 fully saturated rings. The molecule has 5 nitrogen and oxygen atoms in total. The summed E-state index contributed by atoms with van der Waals surface area (Å²) in [5, 5.41) is 14.9. The maximum absolute atomic E-state index is 13.3. The van der Waals surface area contributed by atoms with Gasteiger partial charge in [-0.25, -0.2) is 4.39 Å². The molecule has 0 saturated carbocycles. The first kappa shape index (κ1) is 15.6. The van der Waals surface area contributed by atoms with Crippen molar-refractivity contribution in [1.29, 1.82) is 0 Å². The number of allylic oxidation sites excluding steroid dienone is 2. The number of halogens is 1. The fourth-order valence-corrected chi connectivity index (χ4v) is 3.99. The summed E-state index contributed by atoms with van der Waals surface area (Å²) in [4.78, 5) is 11.2. The van der Waals surface area contributed by atoms with E-state index in [-0.39, 0.29) is 34.3 Å². The molecule has 3 atom stereocenters. The number of nitro benzene ring substituents is 1. The van der Waals surface area contributed by atoms with E-state index in [1.54, 1.807) is 25.3 Å². The molecule has 0 unspecified atom stereocenters. The Morgan fingerprint density at radius 1 is 1.24 bits per heavy atom. The van der Waals surface area contributed by atoms with Crippen LogP contribution in [0, 0.1) is 21.8 Å². The highest BCUT2D eigenvalue weighted by atomic mass is 19.1. The first-order chi connectivity index (χ1) is 12.1. The monoisotopic (exact) mass is 340 g/mol. The van der Waals surface area contributed by atoms with Gasteiger partial charge in [-0.2, -0.15) is 0 Å². The Morgan fingerprint density at radius 2 is 2.00 bits per heavy atom. The number of methoxy groups -OCH3 is 1. The van der Waals surface area contributed by atoms with Crippen LogP contribution in [-0.4, -0.2) is 12.0 Å². The standard InChI is InChI=1S/C19H17FN2O3/c1-25-16-10-9-15(22(23)24)17-13-3-2-4-14(13)18(21-19(16)17)11-5-7-12(20)8-6-11/h2-3,5-10,13-14,18,21H,4H2,1H3/t13-,14-,18-/m1/s1. The minimum absolute atomic E-state index is 0.0657. The Hall–Kier alpha value is -2.89. The lowest BCUT2D eigenvalue weighted by Gasteiger charge is -2.37. The highest BCUT2D eigenvalue weighted by Crippen LogP contribution is 2.54. The fourth-order valence-electron chi connectivity index (χ4n) is 3.99. The van der Waals surface area contributed by atoms with Crippen LogP contribution in [0.4, 0.5) is 15.8 Å².